The van der Waals surface area contributed by atoms with E-state index in [1.54, 1.807) is 0 Å². The van der Waals surface area contributed by atoms with Crippen molar-refractivity contribution in [3.05, 3.63) is 0 Å². The largest absolute Gasteiger partial charge is 0.501 e. The van der Waals surface area contributed by atoms with E-state index in [4.69, 9.17) is 39.8 Å². The Labute approximate surface area is 394 Å². The van der Waals surface area contributed by atoms with Crippen molar-refractivity contribution in [3.63, 3.8) is 0 Å². The van der Waals surface area contributed by atoms with Crippen LogP contribution in [0.1, 0.15) is 114 Å². The predicted octanol–water partition coefficient (Wildman–Crippen LogP) is 14.0. The van der Waals surface area contributed by atoms with Crippen LogP contribution < -0.4 is 0 Å². The van der Waals surface area contributed by atoms with Crippen molar-refractivity contribution < 1.29 is 39.8 Å². The lowest BCUT2D eigenvalue weighted by molar-refractivity contribution is 0.0704. The molecule has 0 aromatic carbocycles. The lowest BCUT2D eigenvalue weighted by Crippen LogP contribution is -2.46. The van der Waals surface area contributed by atoms with E-state index in [0.29, 0.717) is 64.9 Å². The Morgan fingerprint density at radius 1 is 0.448 bits per heavy atom. The Bertz CT molecular complexity index is 901. The molecule has 0 bridgehead atoms. The van der Waals surface area contributed by atoms with E-state index in [1.165, 1.54) is 55.8 Å². The molecule has 9 nitrogen and oxygen atoms in total. The number of rotatable bonds is 43. The van der Waals surface area contributed by atoms with Gasteiger partial charge in [0.2, 0.25) is 0 Å². The summed E-state index contributed by atoms with van der Waals surface area (Å²) in [6.07, 6.45) is 10.1. The third kappa shape index (κ3) is 25.4. The normalized spacial score (nSPS) is 18.1. The van der Waals surface area contributed by atoms with Crippen molar-refractivity contribution in [3.8, 4) is 0 Å². The van der Waals surface area contributed by atoms with Crippen LogP contribution in [-0.4, -0.2) is 120 Å². The molecule has 2 atom stereocenters. The molecule has 21 heteroatoms. The molecular weight excluding hydrogens is 961 g/mol. The number of hydrogen-bond acceptors (Lipinski definition) is 18. The second kappa shape index (κ2) is 38.5. The van der Waals surface area contributed by atoms with Crippen LogP contribution in [0.3, 0.4) is 0 Å². The fourth-order valence-electron chi connectivity index (χ4n) is 7.24. The first-order valence-electron chi connectivity index (χ1n) is 21.8. The Balaban J connectivity index is 2.72. The lowest BCUT2D eigenvalue weighted by Gasteiger charge is -2.45. The van der Waals surface area contributed by atoms with Crippen LogP contribution in [0.4, 0.5) is 0 Å². The van der Waals surface area contributed by atoms with Crippen LogP contribution in [0, 0.1) is 11.3 Å². The second-order valence-electron chi connectivity index (χ2n) is 13.4. The van der Waals surface area contributed by atoms with Crippen molar-refractivity contribution >= 4 is 121 Å². The Morgan fingerprint density at radius 2 is 0.828 bits per heavy atom. The zero-order valence-electron chi connectivity index (χ0n) is 37.3. The first-order valence-corrected chi connectivity index (χ1v) is 39.0. The van der Waals surface area contributed by atoms with E-state index in [2.05, 4.69) is 32.5 Å². The van der Waals surface area contributed by atoms with Crippen LogP contribution >= 0.6 is 94.2 Å². The van der Waals surface area contributed by atoms with Gasteiger partial charge in [-0.15, -0.1) is 0 Å². The molecule has 1 rings (SSSR count). The minimum Gasteiger partial charge on any atom is -0.374 e. The summed E-state index contributed by atoms with van der Waals surface area (Å²) in [6.45, 7) is 24.0. The second-order valence-corrected chi connectivity index (χ2v) is 35.1. The fraction of sp³-hybridized carbons (Fsp3) is 1.00. The van der Waals surface area contributed by atoms with Gasteiger partial charge in [0, 0.05) is 101 Å². The minimum atomic E-state index is -2.64. The van der Waals surface area contributed by atoms with Gasteiger partial charge in [-0.2, -0.15) is 11.8 Å². The summed E-state index contributed by atoms with van der Waals surface area (Å²) in [5.74, 6) is 7.54. The van der Waals surface area contributed by atoms with Gasteiger partial charge in [-0.05, 0) is 163 Å². The van der Waals surface area contributed by atoms with Crippen LogP contribution in [0.15, 0.2) is 0 Å². The highest BCUT2D eigenvalue weighted by Crippen LogP contribution is 2.52. The standard InChI is InChI=1S/C37H80O9S9Si3/c1-10-38-56(39-11-2,40-12-3)32-21-27-48-52-54-50-29-24-36-23-19-20-25-37(36,35-47-31-34-58(44-16-7,45-17-8)46-18-9)26-30-51-55-53-49-28-22-33-57(41-13-4,42-14-5)43-15-6/h36H,10-35H2,1-9H3. The predicted molar refractivity (Wildman–Crippen MR) is 277 cm³/mol. The van der Waals surface area contributed by atoms with E-state index in [9.17, 15) is 0 Å². The average molecular weight is 1040 g/mol. The van der Waals surface area contributed by atoms with Crippen LogP contribution in [0.25, 0.3) is 0 Å². The maximum Gasteiger partial charge on any atom is 0.501 e. The quantitative estimate of drug-likeness (QED) is 0.0330. The van der Waals surface area contributed by atoms with Crippen LogP contribution in [0.2, 0.25) is 18.1 Å². The Morgan fingerprint density at radius 3 is 1.24 bits per heavy atom. The van der Waals surface area contributed by atoms with Gasteiger partial charge in [0.15, 0.2) is 0 Å². The van der Waals surface area contributed by atoms with E-state index in [-0.39, 0.29) is 0 Å². The van der Waals surface area contributed by atoms with Crippen molar-refractivity contribution in [1.29, 1.82) is 0 Å². The molecule has 0 amide bonds. The average Bonchev–Trinajstić information content (AvgIpc) is 3.20. The van der Waals surface area contributed by atoms with Gasteiger partial charge in [-0.25, -0.2) is 0 Å². The van der Waals surface area contributed by atoms with Gasteiger partial charge < -0.3 is 39.8 Å². The lowest BCUT2D eigenvalue weighted by atomic mass is 9.65. The van der Waals surface area contributed by atoms with Crippen molar-refractivity contribution in [2.45, 2.75) is 132 Å². The van der Waals surface area contributed by atoms with E-state index in [1.807, 2.05) is 124 Å². The maximum atomic E-state index is 6.21. The summed E-state index contributed by atoms with van der Waals surface area (Å²) in [6, 6.07) is 2.65. The zero-order chi connectivity index (χ0) is 42.7. The highest BCUT2D eigenvalue weighted by atomic mass is 33.7. The molecule has 1 fully saturated rings. The third-order valence-corrected chi connectivity index (χ3v) is 33.6. The molecule has 0 heterocycles. The molecule has 0 spiro atoms. The fourth-order valence-corrected chi connectivity index (χ4v) is 30.1. The molecule has 0 aromatic heterocycles. The summed E-state index contributed by atoms with van der Waals surface area (Å²) in [5.41, 5.74) is 0.373. The summed E-state index contributed by atoms with van der Waals surface area (Å²) in [4.78, 5) is 0. The smallest absolute Gasteiger partial charge is 0.374 e. The number of hydrogen-bond donors (Lipinski definition) is 0. The molecule has 0 N–H and O–H groups in total. The topological polar surface area (TPSA) is 83.1 Å². The summed E-state index contributed by atoms with van der Waals surface area (Å²) in [7, 11) is 7.98. The monoisotopic (exact) mass is 1040 g/mol. The molecule has 0 aromatic rings. The molecule has 0 aliphatic heterocycles. The molecular formula is C37H80O9S9Si3. The molecule has 1 saturated carbocycles. The SMILES string of the molecule is CCO[Si](CCCSSSSCCC1CCCCC1(CCSSSSCCC[Si](OCC)(OCC)OCC)CSCC[Si](OCC)(OCC)OCC)(OCC)OCC. The van der Waals surface area contributed by atoms with Crippen molar-refractivity contribution in [1.82, 2.24) is 0 Å². The van der Waals surface area contributed by atoms with E-state index in [0.717, 1.165) is 54.2 Å². The highest BCUT2D eigenvalue weighted by Gasteiger charge is 2.43. The van der Waals surface area contributed by atoms with Gasteiger partial charge in [-0.3, -0.25) is 0 Å². The van der Waals surface area contributed by atoms with Crippen LogP contribution in [0.5, 0.6) is 0 Å². The summed E-state index contributed by atoms with van der Waals surface area (Å²) < 4.78 is 54.9. The minimum absolute atomic E-state index is 0.373. The molecule has 58 heavy (non-hydrogen) atoms. The molecule has 2 unspecified atom stereocenters. The Hall–Kier alpha value is 3.44. The van der Waals surface area contributed by atoms with Gasteiger partial charge in [0.1, 0.15) is 0 Å². The number of thioether (sulfide) groups is 1. The van der Waals surface area contributed by atoms with E-state index < -0.39 is 26.4 Å². The van der Waals surface area contributed by atoms with Crippen LogP contribution in [-0.2, 0) is 39.8 Å². The maximum absolute atomic E-state index is 6.21. The third-order valence-electron chi connectivity index (χ3n) is 9.47. The van der Waals surface area contributed by atoms with Crippen molar-refractivity contribution in [2.75, 3.05) is 94.0 Å². The first-order chi connectivity index (χ1) is 28.3. The van der Waals surface area contributed by atoms with Gasteiger partial charge in [-0.1, -0.05) is 56.0 Å². The van der Waals surface area contributed by atoms with Gasteiger partial charge >= 0.3 is 26.4 Å². The Kier molecular flexibility index (Phi) is 39.5. The molecule has 1 aliphatic carbocycles. The molecule has 348 valence electrons. The summed E-state index contributed by atoms with van der Waals surface area (Å²) in [5, 5.41) is 0. The zero-order valence-corrected chi connectivity index (χ0v) is 47.7. The molecule has 0 radical (unpaired) electrons. The molecule has 1 aliphatic rings. The van der Waals surface area contributed by atoms with Gasteiger partial charge in [0.25, 0.3) is 0 Å². The van der Waals surface area contributed by atoms with Gasteiger partial charge in [0.05, 0.1) is 0 Å². The van der Waals surface area contributed by atoms with E-state index >= 15 is 0 Å². The molecule has 0 saturated heterocycles. The summed E-state index contributed by atoms with van der Waals surface area (Å²) >= 11 is 2.12. The highest BCUT2D eigenvalue weighted by molar-refractivity contribution is 9.26. The first kappa shape index (κ1) is 59.5. The van der Waals surface area contributed by atoms with Crippen molar-refractivity contribution in [2.24, 2.45) is 11.3 Å².